The molecule has 176 valence electrons. The fraction of sp³-hybridized carbons (Fsp3) is 0.429. The van der Waals surface area contributed by atoms with Crippen molar-refractivity contribution in [2.75, 3.05) is 31.6 Å². The molecule has 1 saturated heterocycles. The molecule has 0 aliphatic carbocycles. The third-order valence-electron chi connectivity index (χ3n) is 5.15. The maximum Gasteiger partial charge on any atom is 0.417 e. The summed E-state index contributed by atoms with van der Waals surface area (Å²) < 4.78 is 45.3. The molecule has 33 heavy (non-hydrogen) atoms. The second-order valence-corrected chi connectivity index (χ2v) is 8.76. The van der Waals surface area contributed by atoms with E-state index in [0.717, 1.165) is 31.0 Å². The molecule has 4 rings (SSSR count). The summed E-state index contributed by atoms with van der Waals surface area (Å²) in [5.74, 6) is -0.317. The van der Waals surface area contributed by atoms with E-state index in [2.05, 4.69) is 25.3 Å². The summed E-state index contributed by atoms with van der Waals surface area (Å²) in [5.41, 5.74) is 0.881. The molecular weight excluding hydrogens is 457 g/mol. The molecule has 1 aliphatic rings. The molecule has 1 amide bonds. The third kappa shape index (κ3) is 5.40. The van der Waals surface area contributed by atoms with E-state index in [9.17, 15) is 18.0 Å². The number of aromatic nitrogens is 4. The van der Waals surface area contributed by atoms with Gasteiger partial charge in [0.1, 0.15) is 0 Å². The van der Waals surface area contributed by atoms with Crippen LogP contribution < -0.4 is 5.32 Å². The number of rotatable bonds is 6. The summed E-state index contributed by atoms with van der Waals surface area (Å²) in [7, 11) is 0. The second-order valence-electron chi connectivity index (χ2n) is 7.90. The number of ether oxygens (including phenoxy) is 1. The van der Waals surface area contributed by atoms with Crippen molar-refractivity contribution in [1.82, 2.24) is 24.6 Å². The SMILES string of the molecule is CC(C)c1c(C(=O)Nc2nc(CN3CCOCC3)cs2)cnn1-c1ccc(C(F)(F)F)cn1. The number of halogens is 3. The van der Waals surface area contributed by atoms with Crippen molar-refractivity contribution in [3.05, 3.63) is 52.4 Å². The Morgan fingerprint density at radius 2 is 2.00 bits per heavy atom. The van der Waals surface area contributed by atoms with Gasteiger partial charge < -0.3 is 4.74 Å². The predicted octanol–water partition coefficient (Wildman–Crippen LogP) is 3.95. The van der Waals surface area contributed by atoms with E-state index in [0.29, 0.717) is 36.1 Å². The van der Waals surface area contributed by atoms with Crippen molar-refractivity contribution in [2.45, 2.75) is 32.5 Å². The zero-order chi connectivity index (χ0) is 23.6. The van der Waals surface area contributed by atoms with Gasteiger partial charge in [-0.1, -0.05) is 13.8 Å². The Hall–Kier alpha value is -2.83. The van der Waals surface area contributed by atoms with Gasteiger partial charge in [0.05, 0.1) is 41.9 Å². The Labute approximate surface area is 192 Å². The van der Waals surface area contributed by atoms with Crippen LogP contribution in [0.1, 0.15) is 47.1 Å². The maximum atomic E-state index is 13.0. The Bertz CT molecular complexity index is 1100. The lowest BCUT2D eigenvalue weighted by Gasteiger charge is -2.25. The van der Waals surface area contributed by atoms with Gasteiger partial charge in [-0.2, -0.15) is 18.3 Å². The summed E-state index contributed by atoms with van der Waals surface area (Å²) in [6, 6.07) is 2.18. The molecule has 0 bridgehead atoms. The van der Waals surface area contributed by atoms with Gasteiger partial charge in [0.25, 0.3) is 5.91 Å². The topological polar surface area (TPSA) is 85.2 Å². The van der Waals surface area contributed by atoms with Gasteiger partial charge in [-0.05, 0) is 18.1 Å². The number of nitrogens with zero attached hydrogens (tertiary/aromatic N) is 5. The molecular formula is C21H23F3N6O2S. The largest absolute Gasteiger partial charge is 0.417 e. The average Bonchev–Trinajstić information content (AvgIpc) is 3.41. The molecule has 3 aromatic rings. The molecule has 1 aliphatic heterocycles. The molecule has 12 heteroatoms. The minimum Gasteiger partial charge on any atom is -0.379 e. The number of nitrogens with one attached hydrogen (secondary N) is 1. The van der Waals surface area contributed by atoms with E-state index < -0.39 is 11.7 Å². The molecule has 0 atom stereocenters. The lowest BCUT2D eigenvalue weighted by atomic mass is 10.1. The minimum absolute atomic E-state index is 0.134. The highest BCUT2D eigenvalue weighted by molar-refractivity contribution is 7.14. The predicted molar refractivity (Wildman–Crippen MR) is 117 cm³/mol. The Morgan fingerprint density at radius 1 is 1.24 bits per heavy atom. The first-order chi connectivity index (χ1) is 15.7. The highest BCUT2D eigenvalue weighted by atomic mass is 32.1. The number of pyridine rings is 1. The summed E-state index contributed by atoms with van der Waals surface area (Å²) >= 11 is 1.34. The van der Waals surface area contributed by atoms with Crippen LogP contribution in [-0.4, -0.2) is 56.9 Å². The Kier molecular flexibility index (Phi) is 6.77. The van der Waals surface area contributed by atoms with Crippen molar-refractivity contribution in [3.8, 4) is 5.82 Å². The van der Waals surface area contributed by atoms with Gasteiger partial charge in [-0.25, -0.2) is 14.6 Å². The first-order valence-electron chi connectivity index (χ1n) is 10.4. The normalized spacial score (nSPS) is 15.2. The van der Waals surface area contributed by atoms with Crippen LogP contribution in [0, 0.1) is 0 Å². The first-order valence-corrected chi connectivity index (χ1v) is 11.3. The third-order valence-corrected chi connectivity index (χ3v) is 5.96. The van der Waals surface area contributed by atoms with Gasteiger partial charge in [0, 0.05) is 31.2 Å². The molecule has 0 aromatic carbocycles. The summed E-state index contributed by atoms with van der Waals surface area (Å²) in [6.45, 7) is 7.51. The number of anilines is 1. The molecule has 0 spiro atoms. The standard InChI is InChI=1S/C21H23F3N6O2S/c1-13(2)18-16(10-26-30(18)17-4-3-14(9-25-17)21(22,23)24)19(31)28-20-27-15(12-33-20)11-29-5-7-32-8-6-29/h3-4,9-10,12-13H,5-8,11H2,1-2H3,(H,27,28,31). The van der Waals surface area contributed by atoms with Gasteiger partial charge in [-0.3, -0.25) is 15.0 Å². The summed E-state index contributed by atoms with van der Waals surface area (Å²) in [6.07, 6.45) is -2.32. The number of thiazole rings is 1. The highest BCUT2D eigenvalue weighted by Crippen LogP contribution is 2.30. The lowest BCUT2D eigenvalue weighted by Crippen LogP contribution is -2.35. The van der Waals surface area contributed by atoms with Crippen LogP contribution in [0.4, 0.5) is 18.3 Å². The first kappa shape index (κ1) is 23.3. The summed E-state index contributed by atoms with van der Waals surface area (Å²) in [5, 5.41) is 9.41. The quantitative estimate of drug-likeness (QED) is 0.575. The fourth-order valence-electron chi connectivity index (χ4n) is 3.54. The van der Waals surface area contributed by atoms with E-state index in [1.165, 1.54) is 28.3 Å². The number of carbonyl (C=O) groups excluding carboxylic acids is 1. The zero-order valence-corrected chi connectivity index (χ0v) is 18.9. The smallest absolute Gasteiger partial charge is 0.379 e. The van der Waals surface area contributed by atoms with E-state index in [-0.39, 0.29) is 17.6 Å². The van der Waals surface area contributed by atoms with E-state index in [4.69, 9.17) is 4.74 Å². The van der Waals surface area contributed by atoms with Crippen LogP contribution in [0.5, 0.6) is 0 Å². The number of carbonyl (C=O) groups is 1. The Morgan fingerprint density at radius 3 is 2.64 bits per heavy atom. The highest BCUT2D eigenvalue weighted by Gasteiger charge is 2.31. The summed E-state index contributed by atoms with van der Waals surface area (Å²) in [4.78, 5) is 23.6. The van der Waals surface area contributed by atoms with Gasteiger partial charge in [0.2, 0.25) is 0 Å². The fourth-order valence-corrected chi connectivity index (χ4v) is 4.24. The molecule has 4 heterocycles. The number of hydrogen-bond donors (Lipinski definition) is 1. The molecule has 0 unspecified atom stereocenters. The van der Waals surface area contributed by atoms with E-state index in [1.807, 2.05) is 19.2 Å². The van der Waals surface area contributed by atoms with E-state index in [1.54, 1.807) is 0 Å². The van der Waals surface area contributed by atoms with Crippen LogP contribution in [0.25, 0.3) is 5.82 Å². The molecule has 8 nitrogen and oxygen atoms in total. The van der Waals surface area contributed by atoms with E-state index >= 15 is 0 Å². The second kappa shape index (κ2) is 9.57. The number of alkyl halides is 3. The van der Waals surface area contributed by atoms with Gasteiger partial charge >= 0.3 is 6.18 Å². The number of morpholine rings is 1. The minimum atomic E-state index is -4.48. The molecule has 1 fully saturated rings. The molecule has 0 saturated carbocycles. The van der Waals surface area contributed by atoms with Crippen molar-refractivity contribution < 1.29 is 22.7 Å². The van der Waals surface area contributed by atoms with Crippen molar-refractivity contribution in [1.29, 1.82) is 0 Å². The van der Waals surface area contributed by atoms with Crippen molar-refractivity contribution in [2.24, 2.45) is 0 Å². The molecule has 0 radical (unpaired) electrons. The van der Waals surface area contributed by atoms with Crippen LogP contribution >= 0.6 is 11.3 Å². The number of hydrogen-bond acceptors (Lipinski definition) is 7. The average molecular weight is 481 g/mol. The van der Waals surface area contributed by atoms with Crippen LogP contribution in [-0.2, 0) is 17.5 Å². The van der Waals surface area contributed by atoms with Crippen LogP contribution in [0.3, 0.4) is 0 Å². The molecule has 1 N–H and O–H groups in total. The number of amides is 1. The van der Waals surface area contributed by atoms with Crippen molar-refractivity contribution in [3.63, 3.8) is 0 Å². The Balaban J connectivity index is 1.51. The lowest BCUT2D eigenvalue weighted by molar-refractivity contribution is -0.137. The van der Waals surface area contributed by atoms with Crippen LogP contribution in [0.15, 0.2) is 29.9 Å². The van der Waals surface area contributed by atoms with Gasteiger partial charge in [-0.15, -0.1) is 11.3 Å². The maximum absolute atomic E-state index is 13.0. The molecule has 3 aromatic heterocycles. The van der Waals surface area contributed by atoms with Crippen LogP contribution in [0.2, 0.25) is 0 Å². The van der Waals surface area contributed by atoms with Crippen molar-refractivity contribution >= 4 is 22.4 Å². The monoisotopic (exact) mass is 480 g/mol. The van der Waals surface area contributed by atoms with Gasteiger partial charge in [0.15, 0.2) is 10.9 Å². The zero-order valence-electron chi connectivity index (χ0n) is 18.1.